The average Bonchev–Trinajstić information content (AvgIpc) is 3.24. The third-order valence-electron chi connectivity index (χ3n) is 7.24. The molecule has 0 unspecified atom stereocenters. The molecule has 0 atom stereocenters. The number of esters is 1. The molecule has 1 heterocycles. The lowest BCUT2D eigenvalue weighted by molar-refractivity contribution is 0.0600. The zero-order valence-electron chi connectivity index (χ0n) is 22.3. The van der Waals surface area contributed by atoms with Crippen LogP contribution in [0.5, 0.6) is 0 Å². The minimum atomic E-state index is -0.299. The van der Waals surface area contributed by atoms with Gasteiger partial charge in [0.2, 0.25) is 0 Å². The van der Waals surface area contributed by atoms with Crippen LogP contribution in [0.1, 0.15) is 44.3 Å². The molecule has 198 valence electrons. The van der Waals surface area contributed by atoms with Gasteiger partial charge in [-0.05, 0) is 83.9 Å². The van der Waals surface area contributed by atoms with Crippen LogP contribution in [0.2, 0.25) is 5.02 Å². The summed E-state index contributed by atoms with van der Waals surface area (Å²) in [5, 5.41) is 2.00. The fourth-order valence-corrected chi connectivity index (χ4v) is 6.39. The Labute approximate surface area is 239 Å². The van der Waals surface area contributed by atoms with Crippen molar-refractivity contribution in [1.29, 1.82) is 0 Å². The molecule has 5 heteroatoms. The number of aromatic nitrogens is 1. The number of benzene rings is 4. The quantitative estimate of drug-likeness (QED) is 0.128. The molecule has 0 aliphatic carbocycles. The number of fused-ring (bicyclic) bond motifs is 1. The van der Waals surface area contributed by atoms with Crippen LogP contribution < -0.4 is 0 Å². The van der Waals surface area contributed by atoms with E-state index in [4.69, 9.17) is 16.3 Å². The van der Waals surface area contributed by atoms with E-state index in [0.29, 0.717) is 5.56 Å². The van der Waals surface area contributed by atoms with Crippen molar-refractivity contribution in [2.24, 2.45) is 0 Å². The second kappa shape index (κ2) is 12.6. The summed E-state index contributed by atoms with van der Waals surface area (Å²) in [6.45, 7) is 2.25. The van der Waals surface area contributed by atoms with Gasteiger partial charge in [-0.1, -0.05) is 84.4 Å². The standard InChI is InChI=1S/C34H32ClNO2S/c1-24-30(20-22-39-21-19-25-13-15-28(16-14-25)34(37)38-2)31-23-29(35)17-18-32(31)36(24)33(26-9-5-3-6-10-26)27-11-7-4-8-12-27/h3-18,23,33H,19-22H2,1-2H3. The second-order valence-electron chi connectivity index (χ2n) is 9.62. The molecule has 0 amide bonds. The molecular weight excluding hydrogens is 522 g/mol. The van der Waals surface area contributed by atoms with E-state index in [9.17, 15) is 4.79 Å². The highest BCUT2D eigenvalue weighted by atomic mass is 35.5. The highest BCUT2D eigenvalue weighted by Gasteiger charge is 2.23. The molecular formula is C34H32ClNO2S. The number of carbonyl (C=O) groups is 1. The number of aryl methyl sites for hydroxylation is 2. The Balaban J connectivity index is 1.38. The van der Waals surface area contributed by atoms with Crippen LogP contribution in [-0.4, -0.2) is 29.2 Å². The largest absolute Gasteiger partial charge is 0.465 e. The highest BCUT2D eigenvalue weighted by Crippen LogP contribution is 2.37. The number of methoxy groups -OCH3 is 1. The summed E-state index contributed by atoms with van der Waals surface area (Å²) in [5.41, 5.74) is 8.19. The first kappa shape index (κ1) is 27.1. The molecule has 1 aromatic heterocycles. The Morgan fingerprint density at radius 2 is 1.46 bits per heavy atom. The van der Waals surface area contributed by atoms with Gasteiger partial charge in [0.15, 0.2) is 0 Å². The zero-order valence-corrected chi connectivity index (χ0v) is 23.8. The summed E-state index contributed by atoms with van der Waals surface area (Å²) in [5.74, 6) is 1.74. The molecule has 0 N–H and O–H groups in total. The van der Waals surface area contributed by atoms with Crippen LogP contribution in [0.15, 0.2) is 103 Å². The molecule has 0 radical (unpaired) electrons. The summed E-state index contributed by atoms with van der Waals surface area (Å²) in [6, 6.07) is 35.5. The van der Waals surface area contributed by atoms with Gasteiger partial charge in [0.1, 0.15) is 0 Å². The zero-order chi connectivity index (χ0) is 27.2. The number of hydrogen-bond donors (Lipinski definition) is 0. The van der Waals surface area contributed by atoms with Gasteiger partial charge in [0.25, 0.3) is 0 Å². The number of rotatable bonds is 10. The molecule has 0 spiro atoms. The molecule has 0 aliphatic heterocycles. The van der Waals surface area contributed by atoms with Crippen molar-refractivity contribution in [3.05, 3.63) is 142 Å². The summed E-state index contributed by atoms with van der Waals surface area (Å²) >= 11 is 8.47. The first-order valence-electron chi connectivity index (χ1n) is 13.2. The Morgan fingerprint density at radius 1 is 0.846 bits per heavy atom. The first-order valence-corrected chi connectivity index (χ1v) is 14.7. The lowest BCUT2D eigenvalue weighted by Gasteiger charge is -2.23. The van der Waals surface area contributed by atoms with Crippen molar-refractivity contribution in [3.8, 4) is 0 Å². The predicted octanol–water partition coefficient (Wildman–Crippen LogP) is 8.55. The van der Waals surface area contributed by atoms with Gasteiger partial charge in [0.05, 0.1) is 18.7 Å². The van der Waals surface area contributed by atoms with Crippen LogP contribution >= 0.6 is 23.4 Å². The fraction of sp³-hybridized carbons (Fsp3) is 0.206. The van der Waals surface area contributed by atoms with Crippen molar-refractivity contribution < 1.29 is 9.53 Å². The summed E-state index contributed by atoms with van der Waals surface area (Å²) in [6.07, 6.45) is 1.93. The fourth-order valence-electron chi connectivity index (χ4n) is 5.28. The van der Waals surface area contributed by atoms with E-state index in [-0.39, 0.29) is 12.0 Å². The van der Waals surface area contributed by atoms with Gasteiger partial charge in [-0.2, -0.15) is 11.8 Å². The van der Waals surface area contributed by atoms with Crippen LogP contribution in [-0.2, 0) is 17.6 Å². The van der Waals surface area contributed by atoms with Crippen LogP contribution in [0, 0.1) is 6.92 Å². The van der Waals surface area contributed by atoms with Crippen LogP contribution in [0.4, 0.5) is 0 Å². The third kappa shape index (κ3) is 6.08. The maximum Gasteiger partial charge on any atom is 0.337 e. The van der Waals surface area contributed by atoms with Gasteiger partial charge in [-0.25, -0.2) is 4.79 Å². The molecule has 39 heavy (non-hydrogen) atoms. The van der Waals surface area contributed by atoms with E-state index in [1.165, 1.54) is 46.0 Å². The number of ether oxygens (including phenoxy) is 1. The smallest absolute Gasteiger partial charge is 0.337 e. The van der Waals surface area contributed by atoms with E-state index < -0.39 is 0 Å². The Kier molecular flexibility index (Phi) is 8.75. The number of thioether (sulfide) groups is 1. The minimum Gasteiger partial charge on any atom is -0.465 e. The topological polar surface area (TPSA) is 31.2 Å². The van der Waals surface area contributed by atoms with E-state index in [2.05, 4.69) is 84.3 Å². The van der Waals surface area contributed by atoms with Gasteiger partial charge < -0.3 is 9.30 Å². The minimum absolute atomic E-state index is 0.0745. The number of halogens is 1. The number of hydrogen-bond acceptors (Lipinski definition) is 3. The van der Waals surface area contributed by atoms with Gasteiger partial charge >= 0.3 is 5.97 Å². The van der Waals surface area contributed by atoms with E-state index >= 15 is 0 Å². The van der Waals surface area contributed by atoms with Gasteiger partial charge in [-0.3, -0.25) is 0 Å². The second-order valence-corrected chi connectivity index (χ2v) is 11.3. The predicted molar refractivity (Wildman–Crippen MR) is 164 cm³/mol. The summed E-state index contributed by atoms with van der Waals surface area (Å²) < 4.78 is 7.28. The SMILES string of the molecule is COC(=O)c1ccc(CCSCCc2c(C)n(C(c3ccccc3)c3ccccc3)c3ccc(Cl)cc23)cc1. The molecule has 0 fully saturated rings. The van der Waals surface area contributed by atoms with Crippen molar-refractivity contribution in [3.63, 3.8) is 0 Å². The van der Waals surface area contributed by atoms with Crippen LogP contribution in [0.25, 0.3) is 10.9 Å². The molecule has 5 aromatic rings. The Bertz CT molecular complexity index is 1510. The normalized spacial score (nSPS) is 11.3. The van der Waals surface area contributed by atoms with Gasteiger partial charge in [-0.15, -0.1) is 0 Å². The summed E-state index contributed by atoms with van der Waals surface area (Å²) in [7, 11) is 1.41. The summed E-state index contributed by atoms with van der Waals surface area (Å²) in [4.78, 5) is 11.7. The van der Waals surface area contributed by atoms with Crippen LogP contribution in [0.3, 0.4) is 0 Å². The molecule has 0 saturated carbocycles. The molecule has 0 bridgehead atoms. The Hall–Kier alpha value is -3.47. The van der Waals surface area contributed by atoms with Crippen molar-refractivity contribution in [2.75, 3.05) is 18.6 Å². The first-order chi connectivity index (χ1) is 19.1. The average molecular weight is 554 g/mol. The van der Waals surface area contributed by atoms with E-state index in [0.717, 1.165) is 29.4 Å². The lowest BCUT2D eigenvalue weighted by atomic mass is 9.98. The molecule has 3 nitrogen and oxygen atoms in total. The molecule has 0 aliphatic rings. The monoisotopic (exact) mass is 553 g/mol. The van der Waals surface area contributed by atoms with Crippen molar-refractivity contribution in [2.45, 2.75) is 25.8 Å². The van der Waals surface area contributed by atoms with Crippen molar-refractivity contribution >= 4 is 40.2 Å². The highest BCUT2D eigenvalue weighted by molar-refractivity contribution is 7.99. The molecule has 4 aromatic carbocycles. The number of nitrogens with zero attached hydrogens (tertiary/aromatic N) is 1. The maximum atomic E-state index is 11.7. The maximum absolute atomic E-state index is 11.7. The number of carbonyl (C=O) groups excluding carboxylic acids is 1. The van der Waals surface area contributed by atoms with E-state index in [1.54, 1.807) is 0 Å². The Morgan fingerprint density at radius 3 is 2.08 bits per heavy atom. The lowest BCUT2D eigenvalue weighted by Crippen LogP contribution is -2.14. The van der Waals surface area contributed by atoms with Gasteiger partial charge in [0, 0.05) is 21.6 Å². The molecule has 0 saturated heterocycles. The molecule has 5 rings (SSSR count). The van der Waals surface area contributed by atoms with Crippen molar-refractivity contribution in [1.82, 2.24) is 4.57 Å². The third-order valence-corrected chi connectivity index (χ3v) is 8.46. The van der Waals surface area contributed by atoms with E-state index in [1.807, 2.05) is 42.1 Å².